The van der Waals surface area contributed by atoms with Crippen molar-refractivity contribution in [3.8, 4) is 22.2 Å². The van der Waals surface area contributed by atoms with Crippen LogP contribution in [-0.4, -0.2) is 23.2 Å². The van der Waals surface area contributed by atoms with Gasteiger partial charge in [0, 0.05) is 11.8 Å². The molecule has 0 aliphatic heterocycles. The number of carbonyl (C=O) groups excluding carboxylic acids is 1. The summed E-state index contributed by atoms with van der Waals surface area (Å²) in [5.74, 6) is 2.05. The van der Waals surface area contributed by atoms with E-state index < -0.39 is 6.10 Å². The van der Waals surface area contributed by atoms with Gasteiger partial charge in [-0.2, -0.15) is 4.98 Å². The molecule has 2 aromatic heterocycles. The summed E-state index contributed by atoms with van der Waals surface area (Å²) in [5, 5.41) is 6.79. The number of thiophene rings is 1. The first-order chi connectivity index (χ1) is 12.6. The molecule has 0 bridgehead atoms. The van der Waals surface area contributed by atoms with E-state index in [1.807, 2.05) is 43.3 Å². The first kappa shape index (κ1) is 17.9. The minimum atomic E-state index is -0.425. The Morgan fingerprint density at radius 3 is 2.77 bits per heavy atom. The number of aromatic nitrogens is 2. The molecule has 8 heteroatoms. The molecule has 1 unspecified atom stereocenters. The first-order valence-electron chi connectivity index (χ1n) is 8.03. The predicted octanol–water partition coefficient (Wildman–Crippen LogP) is 3.58. The number of nitrogens with zero attached hydrogens (tertiary/aromatic N) is 2. The van der Waals surface area contributed by atoms with E-state index in [4.69, 9.17) is 14.0 Å². The Bertz CT molecular complexity index is 890. The zero-order valence-corrected chi connectivity index (χ0v) is 15.5. The summed E-state index contributed by atoms with van der Waals surface area (Å²) in [5.41, 5.74) is 0. The fraction of sp³-hybridized carbons (Fsp3) is 0.278. The molecule has 0 spiro atoms. The Labute approximate surface area is 154 Å². The van der Waals surface area contributed by atoms with Gasteiger partial charge >= 0.3 is 0 Å². The lowest BCUT2D eigenvalue weighted by molar-refractivity contribution is -0.119. The molecule has 2 heterocycles. The summed E-state index contributed by atoms with van der Waals surface area (Å²) in [7, 11) is 1.59. The van der Waals surface area contributed by atoms with Gasteiger partial charge in [0.25, 0.3) is 5.89 Å². The molecule has 7 nitrogen and oxygen atoms in total. The fourth-order valence-corrected chi connectivity index (χ4v) is 3.14. The molecule has 0 aliphatic rings. The van der Waals surface area contributed by atoms with Gasteiger partial charge < -0.3 is 19.3 Å². The largest absolute Gasteiger partial charge is 0.493 e. The van der Waals surface area contributed by atoms with Crippen LogP contribution < -0.4 is 14.8 Å². The molecule has 1 amide bonds. The van der Waals surface area contributed by atoms with E-state index in [1.165, 1.54) is 18.3 Å². The van der Waals surface area contributed by atoms with Crippen LogP contribution in [-0.2, 0) is 11.3 Å². The van der Waals surface area contributed by atoms with Crippen LogP contribution in [0.3, 0.4) is 0 Å². The van der Waals surface area contributed by atoms with Gasteiger partial charge in [0.15, 0.2) is 17.6 Å². The Morgan fingerprint density at radius 2 is 2.04 bits per heavy atom. The minimum absolute atomic E-state index is 0.0656. The van der Waals surface area contributed by atoms with Gasteiger partial charge in [0.1, 0.15) is 0 Å². The smallest absolute Gasteiger partial charge is 0.267 e. The van der Waals surface area contributed by atoms with Gasteiger partial charge in [0.2, 0.25) is 11.7 Å². The van der Waals surface area contributed by atoms with E-state index in [2.05, 4.69) is 15.5 Å². The van der Waals surface area contributed by atoms with Crippen LogP contribution in [0, 0.1) is 0 Å². The Kier molecular flexibility index (Phi) is 5.52. The number of carbonyl (C=O) groups is 1. The SMILES string of the molecule is COc1ccccc1OC(C)c1nc(-c2ccc(CNC(C)=O)s2)no1. The van der Waals surface area contributed by atoms with E-state index in [0.29, 0.717) is 29.8 Å². The Hall–Kier alpha value is -2.87. The number of benzene rings is 1. The minimum Gasteiger partial charge on any atom is -0.493 e. The molecule has 3 rings (SSSR count). The number of amides is 1. The van der Waals surface area contributed by atoms with Crippen LogP contribution >= 0.6 is 11.3 Å². The third-order valence-electron chi connectivity index (χ3n) is 3.56. The van der Waals surface area contributed by atoms with Gasteiger partial charge in [-0.1, -0.05) is 17.3 Å². The molecular weight excluding hydrogens is 354 g/mol. The quantitative estimate of drug-likeness (QED) is 0.681. The van der Waals surface area contributed by atoms with Crippen LogP contribution in [0.4, 0.5) is 0 Å². The monoisotopic (exact) mass is 373 g/mol. The molecule has 3 aromatic rings. The highest BCUT2D eigenvalue weighted by Gasteiger charge is 2.19. The topological polar surface area (TPSA) is 86.5 Å². The van der Waals surface area contributed by atoms with Crippen LogP contribution in [0.2, 0.25) is 0 Å². The Morgan fingerprint density at radius 1 is 1.27 bits per heavy atom. The third kappa shape index (κ3) is 4.20. The summed E-state index contributed by atoms with van der Waals surface area (Å²) in [6, 6.07) is 11.2. The predicted molar refractivity (Wildman–Crippen MR) is 97.2 cm³/mol. The number of hydrogen-bond donors (Lipinski definition) is 1. The first-order valence-corrected chi connectivity index (χ1v) is 8.85. The average molecular weight is 373 g/mol. The van der Waals surface area contributed by atoms with Crippen LogP contribution in [0.1, 0.15) is 30.7 Å². The third-order valence-corrected chi connectivity index (χ3v) is 4.64. The van der Waals surface area contributed by atoms with E-state index in [1.54, 1.807) is 7.11 Å². The normalized spacial score (nSPS) is 11.8. The second kappa shape index (κ2) is 8.01. The van der Waals surface area contributed by atoms with Gasteiger partial charge in [-0.15, -0.1) is 11.3 Å². The number of ether oxygens (including phenoxy) is 2. The molecular formula is C18H19N3O4S. The van der Waals surface area contributed by atoms with E-state index >= 15 is 0 Å². The summed E-state index contributed by atoms with van der Waals surface area (Å²) < 4.78 is 16.5. The van der Waals surface area contributed by atoms with Crippen molar-refractivity contribution in [1.82, 2.24) is 15.5 Å². The highest BCUT2D eigenvalue weighted by molar-refractivity contribution is 7.15. The van der Waals surface area contributed by atoms with Crippen LogP contribution in [0.15, 0.2) is 40.9 Å². The lowest BCUT2D eigenvalue weighted by Crippen LogP contribution is -2.17. The van der Waals surface area contributed by atoms with Gasteiger partial charge in [0.05, 0.1) is 18.5 Å². The second-order valence-electron chi connectivity index (χ2n) is 5.54. The lowest BCUT2D eigenvalue weighted by Gasteiger charge is -2.13. The molecule has 0 saturated carbocycles. The summed E-state index contributed by atoms with van der Waals surface area (Å²) >= 11 is 1.50. The lowest BCUT2D eigenvalue weighted by atomic mass is 10.3. The van der Waals surface area contributed by atoms with Crippen molar-refractivity contribution in [3.05, 3.63) is 47.2 Å². The highest BCUT2D eigenvalue weighted by Crippen LogP contribution is 2.31. The molecule has 0 radical (unpaired) electrons. The van der Waals surface area contributed by atoms with Crippen molar-refractivity contribution in [1.29, 1.82) is 0 Å². The molecule has 1 N–H and O–H groups in total. The van der Waals surface area contributed by atoms with Crippen LogP contribution in [0.25, 0.3) is 10.7 Å². The number of methoxy groups -OCH3 is 1. The standard InChI is InChI=1S/C18H19N3O4S/c1-11(24-15-7-5-4-6-14(15)23-3)18-20-17(21-25-18)16-9-8-13(26-16)10-19-12(2)22/h4-9,11H,10H2,1-3H3,(H,19,22). The van der Waals surface area contributed by atoms with Crippen molar-refractivity contribution in [3.63, 3.8) is 0 Å². The molecule has 136 valence electrons. The number of nitrogens with one attached hydrogen (secondary N) is 1. The Balaban J connectivity index is 1.70. The van der Waals surface area contributed by atoms with Crippen molar-refractivity contribution < 1.29 is 18.8 Å². The summed E-state index contributed by atoms with van der Waals surface area (Å²) in [4.78, 5) is 17.3. The van der Waals surface area contributed by atoms with Crippen molar-refractivity contribution in [2.45, 2.75) is 26.5 Å². The molecule has 26 heavy (non-hydrogen) atoms. The molecule has 0 fully saturated rings. The molecule has 1 atom stereocenters. The summed E-state index contributed by atoms with van der Waals surface area (Å²) in [6.45, 7) is 3.81. The van der Waals surface area contributed by atoms with Crippen LogP contribution in [0.5, 0.6) is 11.5 Å². The van der Waals surface area contributed by atoms with Gasteiger partial charge in [-0.25, -0.2) is 0 Å². The zero-order valence-electron chi connectivity index (χ0n) is 14.7. The van der Waals surface area contributed by atoms with Crippen molar-refractivity contribution in [2.75, 3.05) is 7.11 Å². The van der Waals surface area contributed by atoms with E-state index in [-0.39, 0.29) is 5.91 Å². The molecule has 0 aliphatic carbocycles. The second-order valence-corrected chi connectivity index (χ2v) is 6.71. The van der Waals surface area contributed by atoms with Gasteiger partial charge in [-0.3, -0.25) is 4.79 Å². The van der Waals surface area contributed by atoms with E-state index in [9.17, 15) is 4.79 Å². The molecule has 1 aromatic carbocycles. The maximum atomic E-state index is 11.0. The highest BCUT2D eigenvalue weighted by atomic mass is 32.1. The van der Waals surface area contributed by atoms with Gasteiger partial charge in [-0.05, 0) is 31.2 Å². The fourth-order valence-electron chi connectivity index (χ4n) is 2.26. The maximum Gasteiger partial charge on any atom is 0.267 e. The number of para-hydroxylation sites is 2. The number of rotatable bonds is 7. The number of hydrogen-bond acceptors (Lipinski definition) is 7. The van der Waals surface area contributed by atoms with Crippen molar-refractivity contribution >= 4 is 17.2 Å². The van der Waals surface area contributed by atoms with Crippen molar-refractivity contribution in [2.24, 2.45) is 0 Å². The molecule has 0 saturated heterocycles. The maximum absolute atomic E-state index is 11.0. The zero-order chi connectivity index (χ0) is 18.5. The average Bonchev–Trinajstić information content (AvgIpc) is 3.29. The van der Waals surface area contributed by atoms with E-state index in [0.717, 1.165) is 9.75 Å². The summed E-state index contributed by atoms with van der Waals surface area (Å²) in [6.07, 6.45) is -0.425.